The van der Waals surface area contributed by atoms with Crippen molar-refractivity contribution < 1.29 is 18.4 Å². The molecular formula is C22H18FN3O3S. The zero-order valence-electron chi connectivity index (χ0n) is 16.0. The number of para-hydroxylation sites is 1. The quantitative estimate of drug-likeness (QED) is 0.456. The number of aromatic nitrogens is 2. The lowest BCUT2D eigenvalue weighted by atomic mass is 10.1. The average Bonchev–Trinajstić information content (AvgIpc) is 3.53. The molecule has 8 heteroatoms. The number of carbonyl (C=O) groups excluding carboxylic acids is 1. The Hall–Kier alpha value is -3.10. The minimum absolute atomic E-state index is 0.0914. The van der Waals surface area contributed by atoms with Crippen molar-refractivity contribution in [2.45, 2.75) is 18.9 Å². The number of carbonyl (C=O) groups is 1. The van der Waals surface area contributed by atoms with Gasteiger partial charge in [0.05, 0.1) is 17.3 Å². The first kappa shape index (κ1) is 18.9. The van der Waals surface area contributed by atoms with Crippen molar-refractivity contribution in [2.75, 3.05) is 18.1 Å². The van der Waals surface area contributed by atoms with Crippen LogP contribution in [0, 0.1) is 5.82 Å². The molecule has 0 saturated carbocycles. The molecule has 0 aliphatic carbocycles. The number of hydrogen-bond donors (Lipinski definition) is 0. The molecule has 0 spiro atoms. The number of ether oxygens (including phenoxy) is 1. The Kier molecular flexibility index (Phi) is 5.02. The Labute approximate surface area is 175 Å². The van der Waals surface area contributed by atoms with Crippen molar-refractivity contribution in [3.8, 4) is 11.3 Å². The fourth-order valence-corrected chi connectivity index (χ4v) is 4.50. The summed E-state index contributed by atoms with van der Waals surface area (Å²) in [5.41, 5.74) is 1.26. The largest absolute Gasteiger partial charge is 0.376 e. The van der Waals surface area contributed by atoms with Crippen molar-refractivity contribution in [1.29, 1.82) is 0 Å². The molecule has 1 aliphatic heterocycles. The predicted octanol–water partition coefficient (Wildman–Crippen LogP) is 4.92. The normalized spacial score (nSPS) is 16.2. The lowest BCUT2D eigenvalue weighted by molar-refractivity contribution is 0.0910. The van der Waals surface area contributed by atoms with Gasteiger partial charge in [-0.05, 0) is 25.0 Å². The van der Waals surface area contributed by atoms with E-state index in [0.717, 1.165) is 18.4 Å². The van der Waals surface area contributed by atoms with Gasteiger partial charge in [-0.15, -0.1) is 0 Å². The summed E-state index contributed by atoms with van der Waals surface area (Å²) in [6.07, 6.45) is 1.71. The van der Waals surface area contributed by atoms with Crippen LogP contribution in [-0.4, -0.2) is 35.3 Å². The molecule has 30 heavy (non-hydrogen) atoms. The molecule has 0 radical (unpaired) electrons. The van der Waals surface area contributed by atoms with Crippen LogP contribution in [0.2, 0.25) is 0 Å². The molecule has 0 bridgehead atoms. The van der Waals surface area contributed by atoms with Crippen LogP contribution >= 0.6 is 11.3 Å². The third-order valence-electron chi connectivity index (χ3n) is 5.03. The van der Waals surface area contributed by atoms with Gasteiger partial charge in [0, 0.05) is 18.2 Å². The fraction of sp³-hybridized carbons (Fsp3) is 0.227. The van der Waals surface area contributed by atoms with E-state index in [0.29, 0.717) is 28.7 Å². The van der Waals surface area contributed by atoms with Gasteiger partial charge in [0.25, 0.3) is 5.91 Å². The third-order valence-corrected chi connectivity index (χ3v) is 6.08. The highest BCUT2D eigenvalue weighted by molar-refractivity contribution is 7.22. The second-order valence-corrected chi connectivity index (χ2v) is 8.09. The van der Waals surface area contributed by atoms with Crippen molar-refractivity contribution in [3.63, 3.8) is 0 Å². The van der Waals surface area contributed by atoms with Gasteiger partial charge in [0.2, 0.25) is 0 Å². The van der Waals surface area contributed by atoms with Crippen LogP contribution in [0.5, 0.6) is 0 Å². The van der Waals surface area contributed by atoms with Crippen LogP contribution in [0.3, 0.4) is 0 Å². The van der Waals surface area contributed by atoms with Gasteiger partial charge in [-0.2, -0.15) is 0 Å². The third kappa shape index (κ3) is 3.59. The van der Waals surface area contributed by atoms with Gasteiger partial charge >= 0.3 is 0 Å². The van der Waals surface area contributed by atoms with Crippen LogP contribution in [0.4, 0.5) is 9.52 Å². The zero-order valence-corrected chi connectivity index (χ0v) is 16.8. The SMILES string of the molecule is O=C(c1cc(-c2ccccc2)on1)N(CC1CCCO1)c1nc2c(F)cccc2s1. The van der Waals surface area contributed by atoms with Crippen LogP contribution in [0.25, 0.3) is 21.5 Å². The Balaban J connectivity index is 1.50. The lowest BCUT2D eigenvalue weighted by Crippen LogP contribution is -2.37. The standard InChI is InChI=1S/C22H18FN3O3S/c23-16-9-4-10-19-20(16)24-22(30-19)26(13-15-8-5-11-28-15)21(27)17-12-18(29-25-17)14-6-2-1-3-7-14/h1-4,6-7,9-10,12,15H,5,8,11,13H2. The number of amides is 1. The van der Waals surface area contributed by atoms with Gasteiger partial charge in [0.15, 0.2) is 16.6 Å². The molecule has 1 aliphatic rings. The van der Waals surface area contributed by atoms with Gasteiger partial charge in [0.1, 0.15) is 11.3 Å². The summed E-state index contributed by atoms with van der Waals surface area (Å²) in [6, 6.07) is 15.9. The molecule has 1 atom stereocenters. The Morgan fingerprint density at radius 1 is 1.20 bits per heavy atom. The van der Waals surface area contributed by atoms with E-state index in [4.69, 9.17) is 9.26 Å². The first-order valence-electron chi connectivity index (χ1n) is 9.70. The molecule has 1 saturated heterocycles. The minimum atomic E-state index is -0.410. The minimum Gasteiger partial charge on any atom is -0.376 e. The van der Waals surface area contributed by atoms with E-state index < -0.39 is 5.82 Å². The predicted molar refractivity (Wildman–Crippen MR) is 112 cm³/mol. The van der Waals surface area contributed by atoms with Crippen molar-refractivity contribution in [2.24, 2.45) is 0 Å². The van der Waals surface area contributed by atoms with Crippen LogP contribution in [-0.2, 0) is 4.74 Å². The molecule has 0 N–H and O–H groups in total. The van der Waals surface area contributed by atoms with Gasteiger partial charge in [-0.3, -0.25) is 9.69 Å². The molecule has 2 aromatic heterocycles. The molecule has 6 nitrogen and oxygen atoms in total. The number of anilines is 1. The van der Waals surface area contributed by atoms with Crippen molar-refractivity contribution in [1.82, 2.24) is 10.1 Å². The number of fused-ring (bicyclic) bond motifs is 1. The summed E-state index contributed by atoms with van der Waals surface area (Å²) >= 11 is 1.27. The van der Waals surface area contributed by atoms with E-state index in [2.05, 4.69) is 10.1 Å². The second kappa shape index (κ2) is 7.97. The summed E-state index contributed by atoms with van der Waals surface area (Å²) < 4.78 is 26.0. The average molecular weight is 423 g/mol. The highest BCUT2D eigenvalue weighted by Gasteiger charge is 2.29. The second-order valence-electron chi connectivity index (χ2n) is 7.08. The maximum absolute atomic E-state index is 14.2. The topological polar surface area (TPSA) is 68.5 Å². The smallest absolute Gasteiger partial charge is 0.282 e. The molecule has 1 amide bonds. The van der Waals surface area contributed by atoms with Crippen LogP contribution in [0.1, 0.15) is 23.3 Å². The van der Waals surface area contributed by atoms with Crippen molar-refractivity contribution >= 4 is 32.6 Å². The van der Waals surface area contributed by atoms with Gasteiger partial charge < -0.3 is 9.26 Å². The van der Waals surface area contributed by atoms with Crippen LogP contribution in [0.15, 0.2) is 59.1 Å². The molecule has 3 heterocycles. The molecule has 152 valence electrons. The zero-order chi connectivity index (χ0) is 20.5. The number of halogens is 1. The van der Waals surface area contributed by atoms with E-state index >= 15 is 0 Å². The summed E-state index contributed by atoms with van der Waals surface area (Å²) in [5, 5.41) is 4.40. The Morgan fingerprint density at radius 2 is 2.07 bits per heavy atom. The lowest BCUT2D eigenvalue weighted by Gasteiger charge is -2.21. The summed E-state index contributed by atoms with van der Waals surface area (Å²) in [4.78, 5) is 19.3. The highest BCUT2D eigenvalue weighted by Crippen LogP contribution is 2.32. The summed E-state index contributed by atoms with van der Waals surface area (Å²) in [5.74, 6) is -0.255. The Morgan fingerprint density at radius 3 is 2.83 bits per heavy atom. The molecule has 4 aromatic rings. The fourth-order valence-electron chi connectivity index (χ4n) is 3.51. The summed E-state index contributed by atoms with van der Waals surface area (Å²) in [7, 11) is 0. The highest BCUT2D eigenvalue weighted by atomic mass is 32.1. The van der Waals surface area contributed by atoms with E-state index in [9.17, 15) is 9.18 Å². The van der Waals surface area contributed by atoms with Gasteiger partial charge in [-0.25, -0.2) is 9.37 Å². The van der Waals surface area contributed by atoms with Crippen molar-refractivity contribution in [3.05, 3.63) is 66.1 Å². The number of benzene rings is 2. The summed E-state index contributed by atoms with van der Waals surface area (Å²) in [6.45, 7) is 0.997. The molecule has 1 unspecified atom stereocenters. The van der Waals surface area contributed by atoms with E-state index in [1.54, 1.807) is 18.2 Å². The maximum Gasteiger partial charge on any atom is 0.282 e. The maximum atomic E-state index is 14.2. The van der Waals surface area contributed by atoms with E-state index in [1.807, 2.05) is 30.3 Å². The monoisotopic (exact) mass is 423 g/mol. The number of rotatable bonds is 5. The molecule has 5 rings (SSSR count). The van der Waals surface area contributed by atoms with E-state index in [-0.39, 0.29) is 23.2 Å². The van der Waals surface area contributed by atoms with Gasteiger partial charge in [-0.1, -0.05) is 52.9 Å². The number of hydrogen-bond acceptors (Lipinski definition) is 6. The van der Waals surface area contributed by atoms with E-state index in [1.165, 1.54) is 22.3 Å². The first-order chi connectivity index (χ1) is 14.7. The molecule has 2 aromatic carbocycles. The first-order valence-corrected chi connectivity index (χ1v) is 10.5. The number of thiazole rings is 1. The number of nitrogens with zero attached hydrogens (tertiary/aromatic N) is 3. The van der Waals surface area contributed by atoms with Crippen LogP contribution < -0.4 is 4.90 Å². The Bertz CT molecular complexity index is 1180. The molecule has 1 fully saturated rings. The molecular weight excluding hydrogens is 405 g/mol.